The lowest BCUT2D eigenvalue weighted by molar-refractivity contribution is 0.602. The van der Waals surface area contributed by atoms with Crippen molar-refractivity contribution in [2.24, 2.45) is 0 Å². The van der Waals surface area contributed by atoms with Gasteiger partial charge in [-0.1, -0.05) is 6.07 Å². The molecule has 0 bridgehead atoms. The molecule has 0 atom stereocenters. The Morgan fingerprint density at radius 1 is 1.12 bits per heavy atom. The largest absolute Gasteiger partial charge is 0.372 e. The Bertz CT molecular complexity index is 995. The van der Waals surface area contributed by atoms with E-state index in [2.05, 4.69) is 32.2 Å². The first-order chi connectivity index (χ1) is 12.0. The number of hydrogen-bond donors (Lipinski definition) is 1. The molecule has 2 aromatic carbocycles. The summed E-state index contributed by atoms with van der Waals surface area (Å²) < 4.78 is 36.5. The van der Waals surface area contributed by atoms with E-state index < -0.39 is 10.0 Å². The normalized spacial score (nSPS) is 11.6. The molecule has 3 rings (SSSR count). The Labute approximate surface area is 151 Å². The minimum Gasteiger partial charge on any atom is -0.372 e. The van der Waals surface area contributed by atoms with E-state index in [1.54, 1.807) is 24.3 Å². The zero-order valence-electron chi connectivity index (χ0n) is 14.4. The molecule has 25 heavy (non-hydrogen) atoms. The fraction of sp³-hybridized carbons (Fsp3) is 0.294. The quantitative estimate of drug-likeness (QED) is 0.711. The van der Waals surface area contributed by atoms with Gasteiger partial charge < -0.3 is 4.90 Å². The number of anilines is 2. The molecular formula is C17H20N4O2S2. The van der Waals surface area contributed by atoms with Crippen LogP contribution in [0.5, 0.6) is 0 Å². The maximum Gasteiger partial charge on any atom is 0.264 e. The van der Waals surface area contributed by atoms with Crippen LogP contribution < -0.4 is 9.62 Å². The first-order valence-corrected chi connectivity index (χ1v) is 10.3. The predicted octanol–water partition coefficient (Wildman–Crippen LogP) is 3.65. The van der Waals surface area contributed by atoms with E-state index >= 15 is 0 Å². The molecule has 8 heteroatoms. The third-order valence-electron chi connectivity index (χ3n) is 4.12. The van der Waals surface area contributed by atoms with Crippen LogP contribution in [0.2, 0.25) is 0 Å². The average molecular weight is 377 g/mol. The number of rotatable bonds is 6. The molecular weight excluding hydrogens is 356 g/mol. The molecule has 0 saturated heterocycles. The van der Waals surface area contributed by atoms with E-state index in [1.807, 2.05) is 19.1 Å². The van der Waals surface area contributed by atoms with Crippen molar-refractivity contribution in [3.05, 3.63) is 42.0 Å². The van der Waals surface area contributed by atoms with Gasteiger partial charge in [0.25, 0.3) is 10.0 Å². The number of aromatic nitrogens is 2. The average Bonchev–Trinajstić information content (AvgIpc) is 3.06. The van der Waals surface area contributed by atoms with Gasteiger partial charge in [0, 0.05) is 18.8 Å². The van der Waals surface area contributed by atoms with E-state index in [9.17, 15) is 8.42 Å². The number of hydrogen-bond acceptors (Lipinski definition) is 6. The van der Waals surface area contributed by atoms with Gasteiger partial charge in [-0.25, -0.2) is 8.42 Å². The summed E-state index contributed by atoms with van der Waals surface area (Å²) >= 11 is 1.00. The number of benzene rings is 2. The highest BCUT2D eigenvalue weighted by Gasteiger charge is 2.20. The monoisotopic (exact) mass is 376 g/mol. The van der Waals surface area contributed by atoms with Gasteiger partial charge in [0.05, 0.1) is 17.4 Å². The summed E-state index contributed by atoms with van der Waals surface area (Å²) in [7, 11) is -3.74. The second kappa shape index (κ2) is 6.97. The molecule has 3 aromatic rings. The maximum absolute atomic E-state index is 12.8. The van der Waals surface area contributed by atoms with Gasteiger partial charge in [0.15, 0.2) is 0 Å². The summed E-state index contributed by atoms with van der Waals surface area (Å²) in [6, 6.07) is 10.7. The van der Waals surface area contributed by atoms with Crippen molar-refractivity contribution < 1.29 is 8.42 Å². The highest BCUT2D eigenvalue weighted by molar-refractivity contribution is 7.93. The number of sulfonamides is 1. The van der Waals surface area contributed by atoms with Crippen molar-refractivity contribution in [2.75, 3.05) is 22.7 Å². The van der Waals surface area contributed by atoms with Crippen LogP contribution in [0.4, 0.5) is 11.4 Å². The molecule has 0 amide bonds. The summed E-state index contributed by atoms with van der Waals surface area (Å²) in [5, 5.41) is 0. The van der Waals surface area contributed by atoms with Crippen molar-refractivity contribution in [3.8, 4) is 0 Å². The van der Waals surface area contributed by atoms with Crippen LogP contribution in [-0.2, 0) is 10.0 Å². The van der Waals surface area contributed by atoms with Gasteiger partial charge in [-0.3, -0.25) is 4.72 Å². The Morgan fingerprint density at radius 2 is 1.88 bits per heavy atom. The molecule has 6 nitrogen and oxygen atoms in total. The minimum atomic E-state index is -3.74. The molecule has 132 valence electrons. The minimum absolute atomic E-state index is 0.144. The standard InChI is InChI=1S/C17H20N4O2S2/c1-4-21(5-2)13-9-10-14(12(3)11-13)20-25(22,23)16-8-6-7-15-17(16)19-24-18-15/h6-11,20H,4-5H2,1-3H3. The van der Waals surface area contributed by atoms with E-state index in [0.29, 0.717) is 16.7 Å². The Kier molecular flexibility index (Phi) is 4.91. The Hall–Kier alpha value is -2.19. The number of fused-ring (bicyclic) bond motifs is 1. The first-order valence-electron chi connectivity index (χ1n) is 8.06. The van der Waals surface area contributed by atoms with Crippen LogP contribution in [0, 0.1) is 6.92 Å². The fourth-order valence-corrected chi connectivity index (χ4v) is 4.64. The lowest BCUT2D eigenvalue weighted by Gasteiger charge is -2.22. The zero-order chi connectivity index (χ0) is 18.0. The maximum atomic E-state index is 12.8. The highest BCUT2D eigenvalue weighted by Crippen LogP contribution is 2.27. The molecule has 0 aliphatic carbocycles. The molecule has 0 unspecified atom stereocenters. The van der Waals surface area contributed by atoms with Crippen LogP contribution in [-0.4, -0.2) is 30.3 Å². The Morgan fingerprint density at radius 3 is 2.56 bits per heavy atom. The molecule has 0 radical (unpaired) electrons. The van der Waals surface area contributed by atoms with Crippen molar-refractivity contribution >= 4 is 44.2 Å². The molecule has 0 spiro atoms. The van der Waals surface area contributed by atoms with Crippen LogP contribution >= 0.6 is 11.7 Å². The lowest BCUT2D eigenvalue weighted by Crippen LogP contribution is -2.22. The van der Waals surface area contributed by atoms with E-state index in [-0.39, 0.29) is 4.90 Å². The third-order valence-corrected chi connectivity index (χ3v) is 6.06. The predicted molar refractivity (Wildman–Crippen MR) is 103 cm³/mol. The van der Waals surface area contributed by atoms with Gasteiger partial charge in [-0.15, -0.1) is 0 Å². The van der Waals surface area contributed by atoms with Gasteiger partial charge in [0.2, 0.25) is 0 Å². The van der Waals surface area contributed by atoms with Crippen LogP contribution in [0.15, 0.2) is 41.3 Å². The van der Waals surface area contributed by atoms with Gasteiger partial charge in [-0.2, -0.15) is 8.75 Å². The molecule has 0 aliphatic rings. The van der Waals surface area contributed by atoms with E-state index in [0.717, 1.165) is 36.1 Å². The molecule has 0 saturated carbocycles. The summed E-state index contributed by atoms with van der Waals surface area (Å²) in [6.07, 6.45) is 0. The molecule has 0 aliphatic heterocycles. The van der Waals surface area contributed by atoms with Gasteiger partial charge in [-0.05, 0) is 56.7 Å². The van der Waals surface area contributed by atoms with Crippen LogP contribution in [0.25, 0.3) is 11.0 Å². The second-order valence-corrected chi connectivity index (χ2v) is 7.84. The summed E-state index contributed by atoms with van der Waals surface area (Å²) in [5.74, 6) is 0. The molecule has 1 N–H and O–H groups in total. The topological polar surface area (TPSA) is 75.2 Å². The van der Waals surface area contributed by atoms with Crippen LogP contribution in [0.1, 0.15) is 19.4 Å². The lowest BCUT2D eigenvalue weighted by atomic mass is 10.1. The molecule has 1 aromatic heterocycles. The van der Waals surface area contributed by atoms with Crippen molar-refractivity contribution in [1.82, 2.24) is 8.75 Å². The SMILES string of the molecule is CCN(CC)c1ccc(NS(=O)(=O)c2cccc3nsnc23)c(C)c1. The third kappa shape index (κ3) is 3.45. The number of nitrogens with one attached hydrogen (secondary N) is 1. The van der Waals surface area contributed by atoms with E-state index in [4.69, 9.17) is 0 Å². The van der Waals surface area contributed by atoms with E-state index in [1.165, 1.54) is 0 Å². The van der Waals surface area contributed by atoms with Crippen molar-refractivity contribution in [2.45, 2.75) is 25.7 Å². The van der Waals surface area contributed by atoms with Crippen molar-refractivity contribution in [3.63, 3.8) is 0 Å². The summed E-state index contributed by atoms with van der Waals surface area (Å²) in [6.45, 7) is 7.89. The van der Waals surface area contributed by atoms with Crippen LogP contribution in [0.3, 0.4) is 0 Å². The highest BCUT2D eigenvalue weighted by atomic mass is 32.2. The summed E-state index contributed by atoms with van der Waals surface area (Å²) in [4.78, 5) is 2.36. The molecule has 0 fully saturated rings. The number of aryl methyl sites for hydroxylation is 1. The second-order valence-electron chi connectivity index (χ2n) is 5.67. The zero-order valence-corrected chi connectivity index (χ0v) is 16.0. The smallest absolute Gasteiger partial charge is 0.264 e. The Balaban J connectivity index is 1.95. The fourth-order valence-electron chi connectivity index (χ4n) is 2.75. The van der Waals surface area contributed by atoms with Crippen molar-refractivity contribution in [1.29, 1.82) is 0 Å². The first kappa shape index (κ1) is 17.6. The summed E-state index contributed by atoms with van der Waals surface area (Å²) in [5.41, 5.74) is 3.50. The molecule has 1 heterocycles. The van der Waals surface area contributed by atoms with Gasteiger partial charge in [0.1, 0.15) is 15.9 Å². The van der Waals surface area contributed by atoms with Gasteiger partial charge >= 0.3 is 0 Å². The number of nitrogens with zero attached hydrogens (tertiary/aromatic N) is 3.